The third-order valence-corrected chi connectivity index (χ3v) is 1.97. The van der Waals surface area contributed by atoms with E-state index in [-0.39, 0.29) is 0 Å². The molecule has 1 rings (SSSR count). The highest BCUT2D eigenvalue weighted by Gasteiger charge is 2.12. The minimum absolute atomic E-state index is 0.408. The summed E-state index contributed by atoms with van der Waals surface area (Å²) in [4.78, 5) is -0.408. The van der Waals surface area contributed by atoms with Gasteiger partial charge in [0.2, 0.25) is 0 Å². The first kappa shape index (κ1) is 9.77. The van der Waals surface area contributed by atoms with Gasteiger partial charge >= 0.3 is 0 Å². The first-order chi connectivity index (χ1) is 6.06. The minimum atomic E-state index is -2.45. The molecule has 0 aliphatic rings. The summed E-state index contributed by atoms with van der Waals surface area (Å²) < 4.78 is 44.4. The summed E-state index contributed by atoms with van der Waals surface area (Å²) in [6.07, 6.45) is 0. The number of rotatable bonds is 1. The Morgan fingerprint density at radius 1 is 1.38 bits per heavy atom. The van der Waals surface area contributed by atoms with Crippen molar-refractivity contribution in [3.63, 3.8) is 0 Å². The number of halogens is 2. The van der Waals surface area contributed by atoms with Crippen molar-refractivity contribution in [2.75, 3.05) is 0 Å². The summed E-state index contributed by atoms with van der Waals surface area (Å²) in [6, 6.07) is 2.60. The Morgan fingerprint density at radius 2 is 1.85 bits per heavy atom. The molecule has 3 nitrogen and oxygen atoms in total. The largest absolute Gasteiger partial charge is 0.302 e. The van der Waals surface area contributed by atoms with Crippen LogP contribution >= 0.6 is 0 Å². The number of hydrogen-bond donors (Lipinski definition) is 1. The molecule has 0 fully saturated rings. The van der Waals surface area contributed by atoms with E-state index in [4.69, 9.17) is 9.81 Å². The highest BCUT2D eigenvalue weighted by molar-refractivity contribution is 7.79. The lowest BCUT2D eigenvalue weighted by Gasteiger charge is -1.98. The van der Waals surface area contributed by atoms with Gasteiger partial charge in [-0.3, -0.25) is 0 Å². The Kier molecular flexibility index (Phi) is 2.70. The normalized spacial score (nSPS) is 12.2. The highest BCUT2D eigenvalue weighted by atomic mass is 32.2. The first-order valence-electron chi connectivity index (χ1n) is 3.06. The lowest BCUT2D eigenvalue weighted by Crippen LogP contribution is -1.96. The number of nitriles is 1. The van der Waals surface area contributed by atoms with Gasteiger partial charge in [0.1, 0.15) is 23.3 Å². The van der Waals surface area contributed by atoms with Crippen LogP contribution in [0.1, 0.15) is 5.56 Å². The minimum Gasteiger partial charge on any atom is -0.302 e. The Morgan fingerprint density at radius 3 is 2.15 bits per heavy atom. The van der Waals surface area contributed by atoms with Crippen LogP contribution < -0.4 is 0 Å². The zero-order valence-electron chi connectivity index (χ0n) is 6.12. The molecule has 6 heteroatoms. The van der Waals surface area contributed by atoms with E-state index in [9.17, 15) is 13.0 Å². The van der Waals surface area contributed by atoms with E-state index in [2.05, 4.69) is 0 Å². The molecular weight excluding hydrogens is 200 g/mol. The SMILES string of the molecule is N#Cc1c(F)cc(S(=O)O)cc1F. The second-order valence-electron chi connectivity index (χ2n) is 2.12. The van der Waals surface area contributed by atoms with Crippen LogP contribution in [0.2, 0.25) is 0 Å². The molecule has 13 heavy (non-hydrogen) atoms. The van der Waals surface area contributed by atoms with Gasteiger partial charge in [-0.25, -0.2) is 13.0 Å². The zero-order chi connectivity index (χ0) is 10.0. The molecule has 1 aromatic carbocycles. The highest BCUT2D eigenvalue weighted by Crippen LogP contribution is 2.16. The fourth-order valence-electron chi connectivity index (χ4n) is 0.758. The average molecular weight is 203 g/mol. The van der Waals surface area contributed by atoms with Gasteiger partial charge in [-0.05, 0) is 12.1 Å². The van der Waals surface area contributed by atoms with Crippen LogP contribution in [-0.2, 0) is 11.1 Å². The van der Waals surface area contributed by atoms with Crippen molar-refractivity contribution in [2.45, 2.75) is 4.90 Å². The molecule has 1 N–H and O–H groups in total. The van der Waals surface area contributed by atoms with Crippen LogP contribution in [0, 0.1) is 23.0 Å². The van der Waals surface area contributed by atoms with Crippen LogP contribution in [0.5, 0.6) is 0 Å². The van der Waals surface area contributed by atoms with Gasteiger partial charge in [0, 0.05) is 0 Å². The van der Waals surface area contributed by atoms with Crippen molar-refractivity contribution >= 4 is 11.1 Å². The van der Waals surface area contributed by atoms with Gasteiger partial charge in [-0.2, -0.15) is 5.26 Å². The lowest BCUT2D eigenvalue weighted by atomic mass is 10.2. The Hall–Kier alpha value is -1.32. The Balaban J connectivity index is 3.39. The molecule has 0 amide bonds. The maximum Gasteiger partial charge on any atom is 0.186 e. The molecule has 0 saturated carbocycles. The maximum absolute atomic E-state index is 12.8. The molecular formula is C7H3F2NO2S. The molecule has 0 aromatic heterocycles. The smallest absolute Gasteiger partial charge is 0.186 e. The predicted octanol–water partition coefficient (Wildman–Crippen LogP) is 1.42. The van der Waals surface area contributed by atoms with Gasteiger partial charge in [-0.15, -0.1) is 0 Å². The topological polar surface area (TPSA) is 61.1 Å². The summed E-state index contributed by atoms with van der Waals surface area (Å²) in [6.45, 7) is 0. The summed E-state index contributed by atoms with van der Waals surface area (Å²) in [7, 11) is 0. The van der Waals surface area contributed by atoms with E-state index >= 15 is 0 Å². The molecule has 0 saturated heterocycles. The van der Waals surface area contributed by atoms with Gasteiger partial charge < -0.3 is 4.55 Å². The second kappa shape index (κ2) is 3.60. The van der Waals surface area contributed by atoms with Crippen molar-refractivity contribution < 1.29 is 17.5 Å². The molecule has 0 radical (unpaired) electrons. The average Bonchev–Trinajstić information content (AvgIpc) is 2.03. The fraction of sp³-hybridized carbons (Fsp3) is 0. The van der Waals surface area contributed by atoms with Gasteiger partial charge in [-0.1, -0.05) is 0 Å². The van der Waals surface area contributed by atoms with Crippen LogP contribution in [0.4, 0.5) is 8.78 Å². The fourth-order valence-corrected chi connectivity index (χ4v) is 1.17. The molecule has 0 heterocycles. The Bertz CT molecular complexity index is 390. The van der Waals surface area contributed by atoms with E-state index < -0.39 is 33.2 Å². The van der Waals surface area contributed by atoms with Crippen molar-refractivity contribution in [3.8, 4) is 6.07 Å². The number of benzene rings is 1. The van der Waals surface area contributed by atoms with E-state index in [1.807, 2.05) is 0 Å². The molecule has 1 aromatic rings. The van der Waals surface area contributed by atoms with Gasteiger partial charge in [0.25, 0.3) is 0 Å². The van der Waals surface area contributed by atoms with Gasteiger partial charge in [0.05, 0.1) is 4.90 Å². The molecule has 68 valence electrons. The molecule has 1 unspecified atom stereocenters. The van der Waals surface area contributed by atoms with Crippen LogP contribution in [0.3, 0.4) is 0 Å². The van der Waals surface area contributed by atoms with Crippen LogP contribution in [-0.4, -0.2) is 8.76 Å². The molecule has 1 atom stereocenters. The van der Waals surface area contributed by atoms with E-state index in [1.54, 1.807) is 0 Å². The number of hydrogen-bond acceptors (Lipinski definition) is 2. The van der Waals surface area contributed by atoms with Gasteiger partial charge in [0.15, 0.2) is 11.1 Å². The maximum atomic E-state index is 12.8. The summed E-state index contributed by atoms with van der Waals surface area (Å²) in [5.41, 5.74) is -0.755. The standard InChI is InChI=1S/C7H3F2NO2S/c8-6-1-4(13(11)12)2-7(9)5(6)3-10/h1-2H,(H,11,12). The van der Waals surface area contributed by atoms with Crippen molar-refractivity contribution in [1.82, 2.24) is 0 Å². The van der Waals surface area contributed by atoms with Crippen LogP contribution in [0.25, 0.3) is 0 Å². The third kappa shape index (κ3) is 1.88. The molecule has 0 spiro atoms. The lowest BCUT2D eigenvalue weighted by molar-refractivity contribution is 0.549. The molecule has 0 aliphatic carbocycles. The summed E-state index contributed by atoms with van der Waals surface area (Å²) in [5.74, 6) is -2.28. The van der Waals surface area contributed by atoms with E-state index in [0.29, 0.717) is 12.1 Å². The van der Waals surface area contributed by atoms with E-state index in [1.165, 1.54) is 6.07 Å². The molecule has 0 bridgehead atoms. The molecule has 0 aliphatic heterocycles. The second-order valence-corrected chi connectivity index (χ2v) is 3.09. The summed E-state index contributed by atoms with van der Waals surface area (Å²) in [5, 5.41) is 8.26. The van der Waals surface area contributed by atoms with Crippen molar-refractivity contribution in [3.05, 3.63) is 29.3 Å². The van der Waals surface area contributed by atoms with E-state index in [0.717, 1.165) is 0 Å². The quantitative estimate of drug-likeness (QED) is 0.702. The van der Waals surface area contributed by atoms with Crippen molar-refractivity contribution in [1.29, 1.82) is 5.26 Å². The summed E-state index contributed by atoms with van der Waals surface area (Å²) >= 11 is -2.45. The number of nitrogens with zero attached hydrogens (tertiary/aromatic N) is 1. The first-order valence-corrected chi connectivity index (χ1v) is 4.17. The Labute approximate surface area is 74.9 Å². The van der Waals surface area contributed by atoms with Crippen LogP contribution in [0.15, 0.2) is 17.0 Å². The zero-order valence-corrected chi connectivity index (χ0v) is 6.94. The third-order valence-electron chi connectivity index (χ3n) is 1.33. The van der Waals surface area contributed by atoms with Crippen molar-refractivity contribution in [2.24, 2.45) is 0 Å². The monoisotopic (exact) mass is 203 g/mol. The predicted molar refractivity (Wildman–Crippen MR) is 40.1 cm³/mol.